The summed E-state index contributed by atoms with van der Waals surface area (Å²) in [6.07, 6.45) is 4.54. The van der Waals surface area contributed by atoms with E-state index in [-0.39, 0.29) is 5.84 Å². The molecule has 1 aliphatic heterocycles. The van der Waals surface area contributed by atoms with Crippen LogP contribution in [0.25, 0.3) is 0 Å². The van der Waals surface area contributed by atoms with E-state index in [1.165, 1.54) is 10.4 Å². The van der Waals surface area contributed by atoms with Gasteiger partial charge in [0.1, 0.15) is 5.84 Å². The summed E-state index contributed by atoms with van der Waals surface area (Å²) in [7, 11) is 0. The second-order valence-corrected chi connectivity index (χ2v) is 5.35. The monoisotopic (exact) mass is 258 g/mol. The third-order valence-electron chi connectivity index (χ3n) is 3.24. The molecular weight excluding hydrogens is 244 g/mol. The Morgan fingerprint density at radius 1 is 1.44 bits per heavy atom. The van der Waals surface area contributed by atoms with Crippen LogP contribution in [0.5, 0.6) is 0 Å². The van der Waals surface area contributed by atoms with Crippen molar-refractivity contribution >= 4 is 22.9 Å². The first kappa shape index (κ1) is 11.2. The lowest BCUT2D eigenvalue weighted by molar-refractivity contribution is 0.741. The van der Waals surface area contributed by atoms with Crippen molar-refractivity contribution in [3.63, 3.8) is 0 Å². The average Bonchev–Trinajstić information content (AvgIpc) is 2.85. The lowest BCUT2D eigenvalue weighted by Crippen LogP contribution is -2.31. The minimum atomic E-state index is 0.100. The third-order valence-corrected chi connectivity index (χ3v) is 4.26. The van der Waals surface area contributed by atoms with Gasteiger partial charge in [0.25, 0.3) is 0 Å². The number of nitrogens with zero attached hydrogens (tertiary/aromatic N) is 2. The number of nitrogens with one attached hydrogen (secondary N) is 1. The number of amidine groups is 1. The predicted octanol–water partition coefficient (Wildman–Crippen LogP) is 1.99. The first-order valence-corrected chi connectivity index (χ1v) is 6.72. The number of fused-ring (bicyclic) bond motifs is 1. The zero-order valence-electron chi connectivity index (χ0n) is 9.89. The molecule has 0 aliphatic carbocycles. The van der Waals surface area contributed by atoms with E-state index in [4.69, 9.17) is 11.1 Å². The molecule has 3 rings (SSSR count). The van der Waals surface area contributed by atoms with Crippen LogP contribution in [-0.2, 0) is 13.0 Å². The summed E-state index contributed by atoms with van der Waals surface area (Å²) in [5.41, 5.74) is 8.73. The van der Waals surface area contributed by atoms with Crippen LogP contribution in [-0.4, -0.2) is 17.4 Å². The zero-order chi connectivity index (χ0) is 12.5. The van der Waals surface area contributed by atoms with Gasteiger partial charge in [-0.3, -0.25) is 10.4 Å². The Balaban J connectivity index is 1.95. The topological polar surface area (TPSA) is 66.0 Å². The van der Waals surface area contributed by atoms with Gasteiger partial charge in [-0.05, 0) is 29.5 Å². The zero-order valence-corrected chi connectivity index (χ0v) is 10.7. The van der Waals surface area contributed by atoms with Gasteiger partial charge >= 0.3 is 0 Å². The SMILES string of the molecule is N=C(N)c1ccncc1N1CCc2sccc2C1. The van der Waals surface area contributed by atoms with Crippen molar-refractivity contribution in [2.75, 3.05) is 11.4 Å². The molecule has 3 heterocycles. The molecule has 3 N–H and O–H groups in total. The maximum atomic E-state index is 7.64. The van der Waals surface area contributed by atoms with E-state index in [9.17, 15) is 0 Å². The van der Waals surface area contributed by atoms with Crippen molar-refractivity contribution in [2.24, 2.45) is 5.73 Å². The lowest BCUT2D eigenvalue weighted by atomic mass is 10.1. The molecule has 0 radical (unpaired) electrons. The number of pyridine rings is 1. The largest absolute Gasteiger partial charge is 0.384 e. The van der Waals surface area contributed by atoms with Crippen molar-refractivity contribution < 1.29 is 0 Å². The molecule has 2 aromatic heterocycles. The van der Waals surface area contributed by atoms with Crippen molar-refractivity contribution in [2.45, 2.75) is 13.0 Å². The van der Waals surface area contributed by atoms with Gasteiger partial charge < -0.3 is 10.6 Å². The highest BCUT2D eigenvalue weighted by molar-refractivity contribution is 7.10. The summed E-state index contributed by atoms with van der Waals surface area (Å²) in [6, 6.07) is 3.98. The summed E-state index contributed by atoms with van der Waals surface area (Å²) < 4.78 is 0. The van der Waals surface area contributed by atoms with E-state index < -0.39 is 0 Å². The summed E-state index contributed by atoms with van der Waals surface area (Å²) in [4.78, 5) is 7.88. The van der Waals surface area contributed by atoms with E-state index in [1.54, 1.807) is 18.5 Å². The maximum absolute atomic E-state index is 7.64. The Labute approximate surface area is 110 Å². The fraction of sp³-hybridized carbons (Fsp3) is 0.231. The number of nitrogens with two attached hydrogens (primary N) is 1. The molecule has 0 saturated heterocycles. The van der Waals surface area contributed by atoms with E-state index in [1.807, 2.05) is 11.3 Å². The number of rotatable bonds is 2. The van der Waals surface area contributed by atoms with Gasteiger partial charge in [-0.15, -0.1) is 11.3 Å². The lowest BCUT2D eigenvalue weighted by Gasteiger charge is -2.30. The Hall–Kier alpha value is -1.88. The van der Waals surface area contributed by atoms with Crippen LogP contribution in [0.3, 0.4) is 0 Å². The van der Waals surface area contributed by atoms with E-state index >= 15 is 0 Å². The van der Waals surface area contributed by atoms with Crippen LogP contribution in [0.1, 0.15) is 16.0 Å². The Morgan fingerprint density at radius 3 is 3.17 bits per heavy atom. The summed E-state index contributed by atoms with van der Waals surface area (Å²) in [6.45, 7) is 1.84. The summed E-state index contributed by atoms with van der Waals surface area (Å²) >= 11 is 1.82. The minimum Gasteiger partial charge on any atom is -0.384 e. The van der Waals surface area contributed by atoms with Gasteiger partial charge in [-0.2, -0.15) is 0 Å². The second kappa shape index (κ2) is 4.42. The normalized spacial score (nSPS) is 14.3. The third kappa shape index (κ3) is 1.86. The van der Waals surface area contributed by atoms with E-state index in [0.717, 1.165) is 30.8 Å². The van der Waals surface area contributed by atoms with Gasteiger partial charge in [-0.25, -0.2) is 0 Å². The number of aromatic nitrogens is 1. The fourth-order valence-corrected chi connectivity index (χ4v) is 3.21. The van der Waals surface area contributed by atoms with Crippen molar-refractivity contribution in [1.82, 2.24) is 4.98 Å². The molecule has 0 spiro atoms. The Bertz CT molecular complexity index is 590. The first-order valence-electron chi connectivity index (χ1n) is 5.84. The van der Waals surface area contributed by atoms with Crippen LogP contribution >= 0.6 is 11.3 Å². The van der Waals surface area contributed by atoms with Gasteiger partial charge in [0, 0.05) is 29.7 Å². The summed E-state index contributed by atoms with van der Waals surface area (Å²) in [5.74, 6) is 0.100. The average molecular weight is 258 g/mol. The molecule has 0 atom stereocenters. The van der Waals surface area contributed by atoms with Crippen molar-refractivity contribution in [3.05, 3.63) is 45.9 Å². The second-order valence-electron chi connectivity index (χ2n) is 4.35. The molecule has 5 heteroatoms. The molecule has 18 heavy (non-hydrogen) atoms. The molecule has 0 unspecified atom stereocenters. The maximum Gasteiger partial charge on any atom is 0.125 e. The van der Waals surface area contributed by atoms with E-state index in [0.29, 0.717) is 0 Å². The van der Waals surface area contributed by atoms with Crippen molar-refractivity contribution in [3.8, 4) is 0 Å². The molecule has 4 nitrogen and oxygen atoms in total. The van der Waals surface area contributed by atoms with Crippen LogP contribution in [0, 0.1) is 5.41 Å². The molecule has 0 saturated carbocycles. The molecule has 0 fully saturated rings. The quantitative estimate of drug-likeness (QED) is 0.639. The predicted molar refractivity (Wildman–Crippen MR) is 74.3 cm³/mol. The molecule has 0 amide bonds. The first-order chi connectivity index (χ1) is 8.75. The van der Waals surface area contributed by atoms with Gasteiger partial charge in [0.15, 0.2) is 0 Å². The highest BCUT2D eigenvalue weighted by atomic mass is 32.1. The van der Waals surface area contributed by atoms with Gasteiger partial charge in [0.2, 0.25) is 0 Å². The Kier molecular flexibility index (Phi) is 2.76. The summed E-state index contributed by atoms with van der Waals surface area (Å²) in [5, 5.41) is 9.78. The molecule has 0 aromatic carbocycles. The molecule has 2 aromatic rings. The number of thiophene rings is 1. The van der Waals surface area contributed by atoms with Crippen molar-refractivity contribution in [1.29, 1.82) is 5.41 Å². The highest BCUT2D eigenvalue weighted by Gasteiger charge is 2.20. The smallest absolute Gasteiger partial charge is 0.125 e. The number of nitrogen functional groups attached to an aromatic ring is 1. The fourth-order valence-electron chi connectivity index (χ4n) is 2.32. The standard InChI is InChI=1S/C13H14N4S/c14-13(15)10-1-4-16-7-11(10)17-5-2-12-9(8-17)3-6-18-12/h1,3-4,6-7H,2,5,8H2,(H3,14,15). The molecule has 92 valence electrons. The van der Waals surface area contributed by atoms with Gasteiger partial charge in [0.05, 0.1) is 11.9 Å². The van der Waals surface area contributed by atoms with Crippen LogP contribution < -0.4 is 10.6 Å². The minimum absolute atomic E-state index is 0.100. The molecule has 0 bridgehead atoms. The Morgan fingerprint density at radius 2 is 2.33 bits per heavy atom. The number of hydrogen-bond acceptors (Lipinski definition) is 4. The highest BCUT2D eigenvalue weighted by Crippen LogP contribution is 2.29. The van der Waals surface area contributed by atoms with Crippen LogP contribution in [0.2, 0.25) is 0 Å². The molecular formula is C13H14N4S. The number of anilines is 1. The van der Waals surface area contributed by atoms with E-state index in [2.05, 4.69) is 21.3 Å². The number of hydrogen-bond donors (Lipinski definition) is 2. The van der Waals surface area contributed by atoms with Gasteiger partial charge in [-0.1, -0.05) is 0 Å². The van der Waals surface area contributed by atoms with Crippen LogP contribution in [0.15, 0.2) is 29.9 Å². The molecule has 1 aliphatic rings. The van der Waals surface area contributed by atoms with Crippen LogP contribution in [0.4, 0.5) is 5.69 Å².